The zero-order chi connectivity index (χ0) is 46.5. The number of nitrogens with zero attached hydrogens (tertiary/aromatic N) is 7. The molecule has 0 unspecified atom stereocenters. The summed E-state index contributed by atoms with van der Waals surface area (Å²) in [6.07, 6.45) is -1.93. The standard InChI is InChI=1S/C46H30F5N9O6/c1-63-42-24-53-36-14-12-32(21-38(36)57-42)65-40-16-8-29(19-34(40)47)56-44(61)59(30-9-6-26(23-52)7-10-30)60(45(62)55-28-5-3-4-27(18-28)46(49,50)51)31-11-17-41(35(48)20-31)66-33-13-15-37-39(22-33)58-43(64-2)25-54-37/h3-22,24-25H,1-2H3,(H,55,62)(H,56,61). The number of halogens is 5. The van der Waals surface area contributed by atoms with Gasteiger partial charge >= 0.3 is 18.2 Å². The van der Waals surface area contributed by atoms with E-state index in [1.54, 1.807) is 18.2 Å². The smallest absolute Gasteiger partial charge is 0.416 e. The van der Waals surface area contributed by atoms with Gasteiger partial charge in [-0.15, -0.1) is 0 Å². The van der Waals surface area contributed by atoms with Crippen molar-refractivity contribution in [3.05, 3.63) is 156 Å². The molecule has 0 aliphatic carbocycles. The highest BCUT2D eigenvalue weighted by Crippen LogP contribution is 2.35. The Bertz CT molecular complexity index is 3190. The van der Waals surface area contributed by atoms with Crippen molar-refractivity contribution in [2.45, 2.75) is 6.18 Å². The molecule has 20 heteroatoms. The van der Waals surface area contributed by atoms with E-state index in [0.29, 0.717) is 38.2 Å². The molecule has 0 aliphatic heterocycles. The Labute approximate surface area is 370 Å². The number of benzene rings is 6. The molecule has 0 fully saturated rings. The van der Waals surface area contributed by atoms with Crippen molar-refractivity contribution in [2.75, 3.05) is 34.9 Å². The Hall–Kier alpha value is -9.12. The third-order valence-corrected chi connectivity index (χ3v) is 9.47. The maximum absolute atomic E-state index is 16.2. The SMILES string of the molecule is COc1cnc2ccc(Oc3ccc(NC(=O)N(c4ccc(C#N)cc4)N(C(=O)Nc4cccc(C(F)(F)F)c4)c4ccc(Oc5ccc6ncc(OC)nc6c5)c(F)c4)cc3F)cc2n1. The number of hydrazine groups is 1. The number of nitrogens with one attached hydrogen (secondary N) is 2. The maximum atomic E-state index is 16.2. The second-order valence-electron chi connectivity index (χ2n) is 13.8. The number of urea groups is 2. The average Bonchev–Trinajstić information content (AvgIpc) is 3.31. The molecular weight excluding hydrogens is 870 g/mol. The quantitative estimate of drug-likeness (QED) is 0.0986. The summed E-state index contributed by atoms with van der Waals surface area (Å²) < 4.78 is 94.9. The first-order valence-corrected chi connectivity index (χ1v) is 19.2. The fraction of sp³-hybridized carbons (Fsp3) is 0.0652. The Kier molecular flexibility index (Phi) is 12.1. The van der Waals surface area contributed by atoms with Crippen LogP contribution in [0.3, 0.4) is 0 Å². The highest BCUT2D eigenvalue weighted by atomic mass is 19.4. The van der Waals surface area contributed by atoms with Gasteiger partial charge in [0.15, 0.2) is 23.1 Å². The molecule has 8 aromatic rings. The third kappa shape index (κ3) is 9.59. The fourth-order valence-electron chi connectivity index (χ4n) is 6.34. The molecule has 4 amide bonds. The number of hydrogen-bond acceptors (Lipinski definition) is 11. The van der Waals surface area contributed by atoms with Crippen LogP contribution in [-0.4, -0.2) is 46.2 Å². The van der Waals surface area contributed by atoms with E-state index < -0.39 is 35.4 Å². The number of rotatable bonds is 10. The molecule has 0 saturated heterocycles. The van der Waals surface area contributed by atoms with Crippen molar-refractivity contribution >= 4 is 56.9 Å². The summed E-state index contributed by atoms with van der Waals surface area (Å²) in [5, 5.41) is 15.7. The van der Waals surface area contributed by atoms with Crippen LogP contribution in [0.15, 0.2) is 134 Å². The van der Waals surface area contributed by atoms with Gasteiger partial charge in [0.1, 0.15) is 11.5 Å². The second-order valence-corrected chi connectivity index (χ2v) is 13.8. The van der Waals surface area contributed by atoms with Crippen molar-refractivity contribution in [1.82, 2.24) is 19.9 Å². The van der Waals surface area contributed by atoms with E-state index in [9.17, 15) is 28.0 Å². The molecular formula is C46H30F5N9O6. The number of anilines is 4. The highest BCUT2D eigenvalue weighted by molar-refractivity contribution is 6.13. The summed E-state index contributed by atoms with van der Waals surface area (Å²) >= 11 is 0. The summed E-state index contributed by atoms with van der Waals surface area (Å²) in [7, 11) is 2.84. The minimum Gasteiger partial charge on any atom is -0.480 e. The predicted molar refractivity (Wildman–Crippen MR) is 231 cm³/mol. The van der Waals surface area contributed by atoms with Crippen molar-refractivity contribution in [3.63, 3.8) is 0 Å². The normalized spacial score (nSPS) is 11.1. The number of hydrogen-bond donors (Lipinski definition) is 2. The van der Waals surface area contributed by atoms with Crippen LogP contribution in [0.4, 0.5) is 54.3 Å². The van der Waals surface area contributed by atoms with Gasteiger partial charge in [-0.3, -0.25) is 0 Å². The highest BCUT2D eigenvalue weighted by Gasteiger charge is 2.33. The Balaban J connectivity index is 1.14. The zero-order valence-corrected chi connectivity index (χ0v) is 34.2. The molecule has 0 bridgehead atoms. The minimum atomic E-state index is -4.79. The topological polar surface area (TPSA) is 177 Å². The molecule has 330 valence electrons. The number of amides is 4. The lowest BCUT2D eigenvalue weighted by Gasteiger charge is -2.35. The Morgan fingerprint density at radius 1 is 0.606 bits per heavy atom. The summed E-state index contributed by atoms with van der Waals surface area (Å²) in [6.45, 7) is 0. The molecule has 0 radical (unpaired) electrons. The number of carbonyl (C=O) groups excluding carboxylic acids is 2. The first-order chi connectivity index (χ1) is 31.8. The van der Waals surface area contributed by atoms with Crippen LogP contribution < -0.4 is 39.6 Å². The molecule has 0 spiro atoms. The molecule has 2 aromatic heterocycles. The van der Waals surface area contributed by atoms with Crippen molar-refractivity contribution in [2.24, 2.45) is 0 Å². The number of carbonyl (C=O) groups is 2. The van der Waals surface area contributed by atoms with Gasteiger partial charge in [0.05, 0.1) is 77.3 Å². The first kappa shape index (κ1) is 43.5. The number of fused-ring (bicyclic) bond motifs is 2. The number of alkyl halides is 3. The summed E-state index contributed by atoms with van der Waals surface area (Å²) in [5.41, 5.74) is -0.0811. The van der Waals surface area contributed by atoms with Crippen molar-refractivity contribution < 1.29 is 50.5 Å². The van der Waals surface area contributed by atoms with E-state index in [1.165, 1.54) is 93.3 Å². The van der Waals surface area contributed by atoms with E-state index in [0.717, 1.165) is 30.3 Å². The maximum Gasteiger partial charge on any atom is 0.416 e. The van der Waals surface area contributed by atoms with Crippen LogP contribution in [0.2, 0.25) is 0 Å². The van der Waals surface area contributed by atoms with Crippen LogP contribution in [0.1, 0.15) is 11.1 Å². The minimum absolute atomic E-state index is 0.101. The molecule has 15 nitrogen and oxygen atoms in total. The number of nitriles is 1. The van der Waals surface area contributed by atoms with Gasteiger partial charge < -0.3 is 29.6 Å². The predicted octanol–water partition coefficient (Wildman–Crippen LogP) is 11.0. The number of methoxy groups -OCH3 is 2. The molecule has 0 aliphatic rings. The van der Waals surface area contributed by atoms with E-state index in [1.807, 2.05) is 6.07 Å². The Morgan fingerprint density at radius 3 is 1.64 bits per heavy atom. The lowest BCUT2D eigenvalue weighted by atomic mass is 10.2. The molecule has 6 aromatic carbocycles. The molecule has 8 rings (SSSR count). The lowest BCUT2D eigenvalue weighted by Crippen LogP contribution is -2.54. The third-order valence-electron chi connectivity index (χ3n) is 9.47. The second kappa shape index (κ2) is 18.3. The lowest BCUT2D eigenvalue weighted by molar-refractivity contribution is -0.137. The molecule has 2 N–H and O–H groups in total. The van der Waals surface area contributed by atoms with E-state index in [-0.39, 0.29) is 63.1 Å². The zero-order valence-electron chi connectivity index (χ0n) is 34.2. The first-order valence-electron chi connectivity index (χ1n) is 19.2. The number of aromatic nitrogens is 4. The van der Waals surface area contributed by atoms with Gasteiger partial charge in [-0.1, -0.05) is 6.07 Å². The van der Waals surface area contributed by atoms with Crippen LogP contribution in [0.5, 0.6) is 34.8 Å². The van der Waals surface area contributed by atoms with E-state index >= 15 is 8.78 Å². The van der Waals surface area contributed by atoms with Crippen LogP contribution in [0, 0.1) is 23.0 Å². The monoisotopic (exact) mass is 899 g/mol. The van der Waals surface area contributed by atoms with Crippen molar-refractivity contribution in [1.29, 1.82) is 5.26 Å². The summed E-state index contributed by atoms with van der Waals surface area (Å²) in [5.74, 6) is -1.74. The summed E-state index contributed by atoms with van der Waals surface area (Å²) in [6, 6.07) is 24.4. The Morgan fingerprint density at radius 2 is 1.12 bits per heavy atom. The van der Waals surface area contributed by atoms with Gasteiger partial charge in [0.25, 0.3) is 0 Å². The molecule has 2 heterocycles. The van der Waals surface area contributed by atoms with Crippen LogP contribution in [-0.2, 0) is 6.18 Å². The van der Waals surface area contributed by atoms with Gasteiger partial charge in [-0.2, -0.15) is 28.5 Å². The van der Waals surface area contributed by atoms with Gasteiger partial charge in [-0.05, 0) is 91.0 Å². The van der Waals surface area contributed by atoms with Gasteiger partial charge in [0.2, 0.25) is 11.8 Å². The van der Waals surface area contributed by atoms with E-state index in [2.05, 4.69) is 30.6 Å². The van der Waals surface area contributed by atoms with Crippen LogP contribution >= 0.6 is 0 Å². The molecule has 66 heavy (non-hydrogen) atoms. The van der Waals surface area contributed by atoms with Gasteiger partial charge in [0, 0.05) is 35.6 Å². The van der Waals surface area contributed by atoms with Crippen LogP contribution in [0.25, 0.3) is 22.1 Å². The summed E-state index contributed by atoms with van der Waals surface area (Å²) in [4.78, 5) is 46.0. The van der Waals surface area contributed by atoms with Crippen molar-refractivity contribution in [3.8, 4) is 40.8 Å². The largest absolute Gasteiger partial charge is 0.480 e. The number of ether oxygens (including phenoxy) is 4. The van der Waals surface area contributed by atoms with Gasteiger partial charge in [-0.25, -0.2) is 38.3 Å². The molecule has 0 atom stereocenters. The average molecular weight is 900 g/mol. The molecule has 0 saturated carbocycles. The van der Waals surface area contributed by atoms with E-state index in [4.69, 9.17) is 18.9 Å². The fourth-order valence-corrected chi connectivity index (χ4v) is 6.34.